The van der Waals surface area contributed by atoms with Gasteiger partial charge in [0.25, 0.3) is 0 Å². The van der Waals surface area contributed by atoms with Gasteiger partial charge in [0.1, 0.15) is 29.7 Å². The monoisotopic (exact) mass is 473 g/mol. The largest absolute Gasteiger partial charge is 0.376 e. The number of anilines is 1. The van der Waals surface area contributed by atoms with Crippen molar-refractivity contribution in [2.75, 3.05) is 37.6 Å². The van der Waals surface area contributed by atoms with Crippen molar-refractivity contribution in [2.24, 2.45) is 0 Å². The zero-order valence-electron chi connectivity index (χ0n) is 17.9. The predicted molar refractivity (Wildman–Crippen MR) is 121 cm³/mol. The van der Waals surface area contributed by atoms with Gasteiger partial charge in [-0.1, -0.05) is 29.8 Å². The van der Waals surface area contributed by atoms with Gasteiger partial charge in [0.2, 0.25) is 5.91 Å². The Balaban J connectivity index is 1.41. The van der Waals surface area contributed by atoms with Gasteiger partial charge in [0, 0.05) is 56.2 Å². The molecular weight excluding hydrogens is 452 g/mol. The number of halogens is 3. The summed E-state index contributed by atoms with van der Waals surface area (Å²) in [5, 5.41) is 11.1. The Bertz CT molecular complexity index is 1230. The van der Waals surface area contributed by atoms with E-state index in [9.17, 15) is 14.3 Å². The van der Waals surface area contributed by atoms with E-state index in [1.165, 1.54) is 31.5 Å². The summed E-state index contributed by atoms with van der Waals surface area (Å²) in [6, 6.07) is 7.29. The number of aliphatic hydroxyl groups is 1. The number of amides is 1. The molecule has 10 heteroatoms. The quantitative estimate of drug-likeness (QED) is 0.587. The molecule has 1 N–H and O–H groups in total. The molecular formula is C23H22ClF2N5O2. The Kier molecular flexibility index (Phi) is 5.64. The molecule has 2 fully saturated rings. The number of benzene rings is 2. The van der Waals surface area contributed by atoms with Crippen LogP contribution in [-0.2, 0) is 4.79 Å². The van der Waals surface area contributed by atoms with E-state index in [4.69, 9.17) is 11.6 Å². The first-order valence-electron chi connectivity index (χ1n) is 10.7. The number of hydrogen-bond acceptors (Lipinski definition) is 6. The van der Waals surface area contributed by atoms with Crippen LogP contribution in [0.3, 0.4) is 0 Å². The Morgan fingerprint density at radius 2 is 1.91 bits per heavy atom. The lowest BCUT2D eigenvalue weighted by Gasteiger charge is -2.38. The number of rotatable bonds is 4. The maximum atomic E-state index is 15.5. The average Bonchev–Trinajstić information content (AvgIpc) is 3.61. The lowest BCUT2D eigenvalue weighted by Crippen LogP contribution is -2.52. The molecule has 5 rings (SSSR count). The molecule has 172 valence electrons. The zero-order chi connectivity index (χ0) is 23.3. The van der Waals surface area contributed by atoms with Crippen molar-refractivity contribution in [3.05, 3.63) is 53.3 Å². The second kappa shape index (κ2) is 8.48. The summed E-state index contributed by atoms with van der Waals surface area (Å²) in [5.41, 5.74) is 0.115. The first kappa shape index (κ1) is 21.9. The van der Waals surface area contributed by atoms with Crippen molar-refractivity contribution in [1.29, 1.82) is 0 Å². The highest BCUT2D eigenvalue weighted by atomic mass is 35.5. The maximum absolute atomic E-state index is 15.5. The number of piperazine rings is 1. The van der Waals surface area contributed by atoms with Gasteiger partial charge >= 0.3 is 0 Å². The van der Waals surface area contributed by atoms with Crippen molar-refractivity contribution in [1.82, 2.24) is 19.8 Å². The summed E-state index contributed by atoms with van der Waals surface area (Å²) in [7, 11) is 0. The van der Waals surface area contributed by atoms with Crippen LogP contribution in [0.2, 0.25) is 5.02 Å². The number of carbonyl (C=O) groups is 1. The number of carbonyl (C=O) groups excluding carboxylic acids is 1. The topological polar surface area (TPSA) is 72.6 Å². The molecule has 0 spiro atoms. The van der Waals surface area contributed by atoms with Gasteiger partial charge in [0.05, 0.1) is 11.1 Å². The molecule has 0 radical (unpaired) electrons. The van der Waals surface area contributed by atoms with Gasteiger partial charge in [-0.05, 0) is 12.1 Å². The van der Waals surface area contributed by atoms with Crippen molar-refractivity contribution in [3.8, 4) is 11.1 Å². The molecule has 2 aromatic carbocycles. The van der Waals surface area contributed by atoms with E-state index in [-0.39, 0.29) is 33.6 Å². The van der Waals surface area contributed by atoms with Gasteiger partial charge in [-0.25, -0.2) is 18.7 Å². The molecule has 0 bridgehead atoms. The van der Waals surface area contributed by atoms with Gasteiger partial charge in [-0.3, -0.25) is 9.69 Å². The fourth-order valence-corrected chi connectivity index (χ4v) is 4.79. The third-order valence-corrected chi connectivity index (χ3v) is 6.63. The second-order valence-corrected chi connectivity index (χ2v) is 8.70. The van der Waals surface area contributed by atoms with Gasteiger partial charge in [0.15, 0.2) is 5.82 Å². The summed E-state index contributed by atoms with van der Waals surface area (Å²) < 4.78 is 29.8. The van der Waals surface area contributed by atoms with Crippen LogP contribution >= 0.6 is 11.6 Å². The van der Waals surface area contributed by atoms with Crippen molar-refractivity contribution < 1.29 is 18.7 Å². The Hall–Kier alpha value is -2.88. The van der Waals surface area contributed by atoms with Gasteiger partial charge < -0.3 is 14.9 Å². The SMILES string of the molecule is CC(=O)N1CC1C(O)N1CCN(c2ncnc3c(F)c(-c4ccccc4F)c(Cl)cc23)CC1. The number of fused-ring (bicyclic) bond motifs is 1. The molecule has 2 aliphatic rings. The van der Waals surface area contributed by atoms with E-state index in [1.807, 2.05) is 9.80 Å². The number of aliphatic hydroxyl groups excluding tert-OH is 1. The van der Waals surface area contributed by atoms with Crippen LogP contribution in [0.25, 0.3) is 22.0 Å². The number of hydrogen-bond donors (Lipinski definition) is 1. The molecule has 33 heavy (non-hydrogen) atoms. The van der Waals surface area contributed by atoms with Crippen LogP contribution in [0.15, 0.2) is 36.7 Å². The molecule has 1 amide bonds. The first-order chi connectivity index (χ1) is 15.9. The summed E-state index contributed by atoms with van der Waals surface area (Å²) >= 11 is 6.42. The highest BCUT2D eigenvalue weighted by molar-refractivity contribution is 6.34. The third kappa shape index (κ3) is 3.90. The van der Waals surface area contributed by atoms with Gasteiger partial charge in [-0.2, -0.15) is 0 Å². The highest BCUT2D eigenvalue weighted by Gasteiger charge is 2.44. The number of aromatic nitrogens is 2. The van der Waals surface area contributed by atoms with Crippen molar-refractivity contribution >= 4 is 34.2 Å². The molecule has 0 saturated carbocycles. The minimum Gasteiger partial charge on any atom is -0.376 e. The summed E-state index contributed by atoms with van der Waals surface area (Å²) in [4.78, 5) is 25.5. The zero-order valence-corrected chi connectivity index (χ0v) is 18.6. The predicted octanol–water partition coefficient (Wildman–Crippen LogP) is 2.90. The molecule has 1 aromatic heterocycles. The molecule has 2 atom stereocenters. The Morgan fingerprint density at radius 3 is 2.58 bits per heavy atom. The van der Waals surface area contributed by atoms with Gasteiger partial charge in [-0.15, -0.1) is 0 Å². The lowest BCUT2D eigenvalue weighted by molar-refractivity contribution is -0.125. The molecule has 7 nitrogen and oxygen atoms in total. The molecule has 2 saturated heterocycles. The fourth-order valence-electron chi connectivity index (χ4n) is 4.49. The highest BCUT2D eigenvalue weighted by Crippen LogP contribution is 2.38. The standard InChI is InChI=1S/C23H22ClF2N5O2/c1-13(32)31-11-18(31)23(33)30-8-6-29(7-9-30)22-15-10-16(24)19(14-4-2-3-5-17(14)25)20(26)21(15)27-12-28-22/h2-5,10,12,18,23,33H,6-9,11H2,1H3. The van der Waals surface area contributed by atoms with E-state index < -0.39 is 17.9 Å². The summed E-state index contributed by atoms with van der Waals surface area (Å²) in [6.07, 6.45) is 0.573. The minimum atomic E-state index is -0.714. The van der Waals surface area contributed by atoms with E-state index in [0.29, 0.717) is 43.9 Å². The average molecular weight is 474 g/mol. The molecule has 3 aromatic rings. The van der Waals surface area contributed by atoms with Crippen molar-refractivity contribution in [3.63, 3.8) is 0 Å². The van der Waals surface area contributed by atoms with Crippen LogP contribution < -0.4 is 4.90 Å². The summed E-state index contributed by atoms with van der Waals surface area (Å²) in [5.74, 6) is -0.774. The molecule has 2 aliphatic heterocycles. The van der Waals surface area contributed by atoms with Crippen LogP contribution in [0, 0.1) is 11.6 Å². The minimum absolute atomic E-state index is 0.0284. The Morgan fingerprint density at radius 1 is 1.18 bits per heavy atom. The van der Waals surface area contributed by atoms with Crippen molar-refractivity contribution in [2.45, 2.75) is 19.2 Å². The van der Waals surface area contributed by atoms with Crippen LogP contribution in [0.4, 0.5) is 14.6 Å². The number of nitrogens with zero attached hydrogens (tertiary/aromatic N) is 5. The molecule has 3 heterocycles. The Labute approximate surface area is 194 Å². The second-order valence-electron chi connectivity index (χ2n) is 8.30. The normalized spacial score (nSPS) is 19.7. The fraction of sp³-hybridized carbons (Fsp3) is 0.348. The van der Waals surface area contributed by atoms with Crippen LogP contribution in [0.5, 0.6) is 0 Å². The van der Waals surface area contributed by atoms with E-state index in [2.05, 4.69) is 9.97 Å². The van der Waals surface area contributed by atoms with Crippen LogP contribution in [0.1, 0.15) is 6.92 Å². The van der Waals surface area contributed by atoms with E-state index in [0.717, 1.165) is 0 Å². The summed E-state index contributed by atoms with van der Waals surface area (Å²) in [6.45, 7) is 4.26. The van der Waals surface area contributed by atoms with E-state index in [1.54, 1.807) is 17.0 Å². The molecule has 2 unspecified atom stereocenters. The smallest absolute Gasteiger partial charge is 0.219 e. The maximum Gasteiger partial charge on any atom is 0.219 e. The molecule has 0 aliphatic carbocycles. The first-order valence-corrected chi connectivity index (χ1v) is 11.1. The third-order valence-electron chi connectivity index (χ3n) is 6.33. The lowest BCUT2D eigenvalue weighted by atomic mass is 10.0. The van der Waals surface area contributed by atoms with E-state index >= 15 is 4.39 Å². The van der Waals surface area contributed by atoms with Crippen LogP contribution in [-0.4, -0.2) is 75.8 Å².